The number of rotatable bonds is 4. The average Bonchev–Trinajstić information content (AvgIpc) is 3.18. The van der Waals surface area contributed by atoms with Crippen LogP contribution in [0, 0.1) is 5.41 Å². The zero-order valence-electron chi connectivity index (χ0n) is 9.53. The number of Topliss-reactive ketones (excluding diaryl/α,β-unsaturated/α-hetero) is 1. The quantitative estimate of drug-likeness (QED) is 0.722. The van der Waals surface area contributed by atoms with Gasteiger partial charge in [-0.1, -0.05) is 6.92 Å². The summed E-state index contributed by atoms with van der Waals surface area (Å²) in [5, 5.41) is 0. The summed E-state index contributed by atoms with van der Waals surface area (Å²) < 4.78 is 5.65. The van der Waals surface area contributed by atoms with Crippen LogP contribution >= 0.6 is 0 Å². The van der Waals surface area contributed by atoms with Gasteiger partial charge in [-0.2, -0.15) is 0 Å². The summed E-state index contributed by atoms with van der Waals surface area (Å²) in [7, 11) is 0. The Balaban J connectivity index is 1.73. The van der Waals surface area contributed by atoms with Crippen molar-refractivity contribution in [2.24, 2.45) is 5.41 Å². The van der Waals surface area contributed by atoms with E-state index < -0.39 is 0 Å². The standard InChI is InChI=1S/C14H16O2/c1-14(8-9-14)13(15)10-2-4-11(5-3-10)16-12-6-7-12/h2-5,12H,6-9H2,1H3. The van der Waals surface area contributed by atoms with Gasteiger partial charge in [0.2, 0.25) is 0 Å². The van der Waals surface area contributed by atoms with Gasteiger partial charge in [0.15, 0.2) is 5.78 Å². The van der Waals surface area contributed by atoms with Gasteiger partial charge in [-0.25, -0.2) is 0 Å². The fourth-order valence-electron chi connectivity index (χ4n) is 1.83. The molecule has 0 amide bonds. The molecule has 0 radical (unpaired) electrons. The Labute approximate surface area is 95.6 Å². The van der Waals surface area contributed by atoms with Crippen LogP contribution in [0.5, 0.6) is 5.75 Å². The van der Waals surface area contributed by atoms with Crippen LogP contribution in [0.3, 0.4) is 0 Å². The summed E-state index contributed by atoms with van der Waals surface area (Å²) >= 11 is 0. The molecule has 2 aliphatic rings. The number of benzene rings is 1. The normalized spacial score (nSPS) is 21.6. The van der Waals surface area contributed by atoms with E-state index in [1.165, 1.54) is 12.8 Å². The molecule has 1 aromatic carbocycles. The summed E-state index contributed by atoms with van der Waals surface area (Å²) in [6.07, 6.45) is 4.82. The van der Waals surface area contributed by atoms with Crippen molar-refractivity contribution in [2.45, 2.75) is 38.7 Å². The largest absolute Gasteiger partial charge is 0.490 e. The molecule has 3 rings (SSSR count). The molecule has 0 aliphatic heterocycles. The van der Waals surface area contributed by atoms with E-state index in [9.17, 15) is 4.79 Å². The van der Waals surface area contributed by atoms with Gasteiger partial charge in [0, 0.05) is 11.0 Å². The molecule has 2 heteroatoms. The Kier molecular flexibility index (Phi) is 2.06. The molecule has 0 heterocycles. The molecule has 1 aromatic rings. The van der Waals surface area contributed by atoms with Crippen molar-refractivity contribution in [3.8, 4) is 5.75 Å². The maximum atomic E-state index is 12.0. The minimum Gasteiger partial charge on any atom is -0.490 e. The van der Waals surface area contributed by atoms with E-state index in [1.54, 1.807) is 0 Å². The van der Waals surface area contributed by atoms with E-state index in [1.807, 2.05) is 31.2 Å². The fourth-order valence-corrected chi connectivity index (χ4v) is 1.83. The van der Waals surface area contributed by atoms with Crippen LogP contribution in [0.4, 0.5) is 0 Å². The Hall–Kier alpha value is -1.31. The van der Waals surface area contributed by atoms with Crippen LogP contribution in [0.15, 0.2) is 24.3 Å². The van der Waals surface area contributed by atoms with E-state index in [0.717, 1.165) is 24.2 Å². The number of carbonyl (C=O) groups excluding carboxylic acids is 1. The SMILES string of the molecule is CC1(C(=O)c2ccc(OC3CC3)cc2)CC1. The molecule has 16 heavy (non-hydrogen) atoms. The molecule has 2 saturated carbocycles. The molecule has 0 atom stereocenters. The predicted octanol–water partition coefficient (Wildman–Crippen LogP) is 3.21. The van der Waals surface area contributed by atoms with Gasteiger partial charge in [0.25, 0.3) is 0 Å². The molecule has 84 valence electrons. The summed E-state index contributed by atoms with van der Waals surface area (Å²) in [5.74, 6) is 1.17. The van der Waals surface area contributed by atoms with Gasteiger partial charge in [-0.15, -0.1) is 0 Å². The highest BCUT2D eigenvalue weighted by atomic mass is 16.5. The third-order valence-corrected chi connectivity index (χ3v) is 3.49. The van der Waals surface area contributed by atoms with Crippen LogP contribution in [-0.4, -0.2) is 11.9 Å². The van der Waals surface area contributed by atoms with Crippen molar-refractivity contribution in [3.05, 3.63) is 29.8 Å². The third kappa shape index (κ3) is 1.84. The van der Waals surface area contributed by atoms with Crippen LogP contribution in [0.1, 0.15) is 43.0 Å². The molecule has 2 nitrogen and oxygen atoms in total. The lowest BCUT2D eigenvalue weighted by Gasteiger charge is -2.08. The molecule has 0 spiro atoms. The van der Waals surface area contributed by atoms with Crippen molar-refractivity contribution in [1.82, 2.24) is 0 Å². The second-order valence-electron chi connectivity index (χ2n) is 5.23. The summed E-state index contributed by atoms with van der Waals surface area (Å²) in [4.78, 5) is 12.0. The average molecular weight is 216 g/mol. The van der Waals surface area contributed by atoms with Crippen LogP contribution in [0.25, 0.3) is 0 Å². The highest BCUT2D eigenvalue weighted by molar-refractivity contribution is 6.02. The van der Waals surface area contributed by atoms with Crippen LogP contribution < -0.4 is 4.74 Å². The minimum absolute atomic E-state index is 0.0706. The first-order valence-electron chi connectivity index (χ1n) is 5.99. The molecule has 0 aromatic heterocycles. The van der Waals surface area contributed by atoms with Gasteiger partial charge < -0.3 is 4.74 Å². The molecule has 0 bridgehead atoms. The van der Waals surface area contributed by atoms with E-state index in [0.29, 0.717) is 6.10 Å². The molecule has 0 saturated heterocycles. The van der Waals surface area contributed by atoms with Crippen molar-refractivity contribution in [3.63, 3.8) is 0 Å². The molecule has 2 aliphatic carbocycles. The lowest BCUT2D eigenvalue weighted by Crippen LogP contribution is -2.11. The summed E-state index contributed by atoms with van der Waals surface area (Å²) in [6.45, 7) is 2.05. The van der Waals surface area contributed by atoms with Gasteiger partial charge in [0.05, 0.1) is 6.10 Å². The van der Waals surface area contributed by atoms with Crippen molar-refractivity contribution >= 4 is 5.78 Å². The number of ether oxygens (including phenoxy) is 1. The van der Waals surface area contributed by atoms with Gasteiger partial charge in [0.1, 0.15) is 5.75 Å². The number of carbonyl (C=O) groups is 1. The molecule has 2 fully saturated rings. The summed E-state index contributed by atoms with van der Waals surface area (Å²) in [5.41, 5.74) is 0.752. The lowest BCUT2D eigenvalue weighted by molar-refractivity contribution is 0.0912. The lowest BCUT2D eigenvalue weighted by atomic mass is 9.97. The topological polar surface area (TPSA) is 26.3 Å². The number of ketones is 1. The van der Waals surface area contributed by atoms with Gasteiger partial charge >= 0.3 is 0 Å². The molecular weight excluding hydrogens is 200 g/mol. The van der Waals surface area contributed by atoms with Crippen LogP contribution in [0.2, 0.25) is 0 Å². The van der Waals surface area contributed by atoms with E-state index in [4.69, 9.17) is 4.74 Å². The molecular formula is C14H16O2. The zero-order chi connectivity index (χ0) is 11.2. The number of hydrogen-bond donors (Lipinski definition) is 0. The Morgan fingerprint density at radius 1 is 1.25 bits per heavy atom. The Morgan fingerprint density at radius 3 is 2.38 bits per heavy atom. The van der Waals surface area contributed by atoms with E-state index in [2.05, 4.69) is 0 Å². The fraction of sp³-hybridized carbons (Fsp3) is 0.500. The molecule has 0 unspecified atom stereocenters. The summed E-state index contributed by atoms with van der Waals surface area (Å²) in [6, 6.07) is 7.61. The zero-order valence-corrected chi connectivity index (χ0v) is 9.53. The first-order valence-corrected chi connectivity index (χ1v) is 5.99. The predicted molar refractivity (Wildman–Crippen MR) is 61.8 cm³/mol. The highest BCUT2D eigenvalue weighted by Crippen LogP contribution is 2.47. The van der Waals surface area contributed by atoms with Gasteiger partial charge in [-0.05, 0) is 49.9 Å². The van der Waals surface area contributed by atoms with Crippen molar-refractivity contribution in [1.29, 1.82) is 0 Å². The maximum Gasteiger partial charge on any atom is 0.168 e. The third-order valence-electron chi connectivity index (χ3n) is 3.49. The monoisotopic (exact) mass is 216 g/mol. The Morgan fingerprint density at radius 2 is 1.88 bits per heavy atom. The van der Waals surface area contributed by atoms with Crippen LogP contribution in [-0.2, 0) is 0 Å². The van der Waals surface area contributed by atoms with Crippen molar-refractivity contribution in [2.75, 3.05) is 0 Å². The second kappa shape index (κ2) is 3.34. The Bertz CT molecular complexity index is 411. The highest BCUT2D eigenvalue weighted by Gasteiger charge is 2.44. The smallest absolute Gasteiger partial charge is 0.168 e. The molecule has 0 N–H and O–H groups in total. The maximum absolute atomic E-state index is 12.0. The minimum atomic E-state index is -0.0706. The van der Waals surface area contributed by atoms with Crippen molar-refractivity contribution < 1.29 is 9.53 Å². The van der Waals surface area contributed by atoms with Gasteiger partial charge in [-0.3, -0.25) is 4.79 Å². The first kappa shape index (κ1) is 9.88. The second-order valence-corrected chi connectivity index (χ2v) is 5.23. The van der Waals surface area contributed by atoms with E-state index in [-0.39, 0.29) is 11.2 Å². The first-order chi connectivity index (χ1) is 7.67. The van der Waals surface area contributed by atoms with E-state index >= 15 is 0 Å². The number of hydrogen-bond acceptors (Lipinski definition) is 2.